The summed E-state index contributed by atoms with van der Waals surface area (Å²) in [6, 6.07) is 0. The Morgan fingerprint density at radius 3 is 1.38 bits per heavy atom. The predicted octanol–water partition coefficient (Wildman–Crippen LogP) is 9.52. The molecular weight excluding hydrogens is 909 g/mol. The molecule has 11 atom stereocenters. The van der Waals surface area contributed by atoms with Gasteiger partial charge >= 0.3 is 5.97 Å². The summed E-state index contributed by atoms with van der Waals surface area (Å²) < 4.78 is 34.3. The van der Waals surface area contributed by atoms with Crippen LogP contribution in [0.1, 0.15) is 206 Å². The number of rotatable bonds is 45. The maximum absolute atomic E-state index is 13.0. The molecular formula is C57H102O14. The molecule has 2 saturated heterocycles. The van der Waals surface area contributed by atoms with E-state index in [1.54, 1.807) is 0 Å². The molecule has 0 bridgehead atoms. The Kier molecular flexibility index (Phi) is 40.6. The van der Waals surface area contributed by atoms with Gasteiger partial charge in [0.05, 0.1) is 26.4 Å². The van der Waals surface area contributed by atoms with E-state index in [2.05, 4.69) is 62.5 Å². The van der Waals surface area contributed by atoms with Gasteiger partial charge in [-0.15, -0.1) is 0 Å². The molecule has 14 nitrogen and oxygen atoms in total. The molecule has 0 aromatic heterocycles. The summed E-state index contributed by atoms with van der Waals surface area (Å²) in [4.78, 5) is 13.0. The SMILES string of the molecule is CCCCCCC/C=C\C/C=C\C/C=C\CCCCCCCCCOCC(COC1OC(COC2OC(CO)C(O)C(O)C2O)C(O)C(O)C1O)OC(=O)CCCCCCC/C=C\CCCCCCCC. The van der Waals surface area contributed by atoms with E-state index < -0.39 is 80.7 Å². The van der Waals surface area contributed by atoms with E-state index in [1.165, 1.54) is 103 Å². The number of allylic oxidation sites excluding steroid dienone is 8. The molecule has 0 radical (unpaired) electrons. The lowest BCUT2D eigenvalue weighted by Gasteiger charge is -2.42. The van der Waals surface area contributed by atoms with Gasteiger partial charge in [-0.25, -0.2) is 0 Å². The molecule has 2 heterocycles. The first-order chi connectivity index (χ1) is 34.6. The van der Waals surface area contributed by atoms with E-state index in [-0.39, 0.29) is 25.6 Å². The highest BCUT2D eigenvalue weighted by Gasteiger charge is 2.47. The van der Waals surface area contributed by atoms with Gasteiger partial charge in [0.25, 0.3) is 0 Å². The van der Waals surface area contributed by atoms with Gasteiger partial charge in [0.1, 0.15) is 54.9 Å². The van der Waals surface area contributed by atoms with E-state index in [4.69, 9.17) is 28.4 Å². The molecule has 0 aromatic carbocycles. The number of ether oxygens (including phenoxy) is 6. The maximum atomic E-state index is 13.0. The van der Waals surface area contributed by atoms with Crippen LogP contribution >= 0.6 is 0 Å². The number of aliphatic hydroxyl groups is 7. The van der Waals surface area contributed by atoms with Gasteiger partial charge in [0, 0.05) is 13.0 Å². The molecule has 11 unspecified atom stereocenters. The van der Waals surface area contributed by atoms with Gasteiger partial charge in [-0.05, 0) is 77.0 Å². The number of carbonyl (C=O) groups is 1. The molecule has 0 spiro atoms. The van der Waals surface area contributed by atoms with Crippen molar-refractivity contribution in [2.75, 3.05) is 33.0 Å². The molecule has 2 rings (SSSR count). The van der Waals surface area contributed by atoms with Crippen molar-refractivity contribution in [2.45, 2.75) is 274 Å². The van der Waals surface area contributed by atoms with Crippen LogP contribution in [-0.2, 0) is 33.2 Å². The number of hydrogen-bond donors (Lipinski definition) is 7. The van der Waals surface area contributed by atoms with Gasteiger partial charge < -0.3 is 64.2 Å². The highest BCUT2D eigenvalue weighted by Crippen LogP contribution is 2.26. The molecule has 0 aromatic rings. The Balaban J connectivity index is 1.73. The van der Waals surface area contributed by atoms with E-state index in [9.17, 15) is 40.5 Å². The zero-order valence-electron chi connectivity index (χ0n) is 44.2. The molecule has 14 heteroatoms. The Bertz CT molecular complexity index is 1360. The minimum absolute atomic E-state index is 0.0510. The van der Waals surface area contributed by atoms with E-state index in [1.807, 2.05) is 0 Å². The molecule has 0 aliphatic carbocycles. The lowest BCUT2D eigenvalue weighted by Crippen LogP contribution is -2.61. The smallest absolute Gasteiger partial charge is 0.306 e. The topological polar surface area (TPSA) is 214 Å². The highest BCUT2D eigenvalue weighted by atomic mass is 16.7. The van der Waals surface area contributed by atoms with Crippen molar-refractivity contribution in [3.63, 3.8) is 0 Å². The average molecular weight is 1010 g/mol. The second-order valence-corrected chi connectivity index (χ2v) is 19.8. The number of aliphatic hydroxyl groups excluding tert-OH is 7. The van der Waals surface area contributed by atoms with Crippen LogP contribution < -0.4 is 0 Å². The number of hydrogen-bond acceptors (Lipinski definition) is 14. The first kappa shape index (κ1) is 65.1. The quantitative estimate of drug-likeness (QED) is 0.0172. The number of unbranched alkanes of at least 4 members (excludes halogenated alkanes) is 23. The predicted molar refractivity (Wildman–Crippen MR) is 279 cm³/mol. The fourth-order valence-corrected chi connectivity index (χ4v) is 8.70. The van der Waals surface area contributed by atoms with Crippen molar-refractivity contribution in [1.29, 1.82) is 0 Å². The third kappa shape index (κ3) is 31.4. The molecule has 7 N–H and O–H groups in total. The van der Waals surface area contributed by atoms with Crippen molar-refractivity contribution in [3.8, 4) is 0 Å². The van der Waals surface area contributed by atoms with E-state index >= 15 is 0 Å². The lowest BCUT2D eigenvalue weighted by molar-refractivity contribution is -0.332. The van der Waals surface area contributed by atoms with Crippen molar-refractivity contribution in [2.24, 2.45) is 0 Å². The zero-order valence-corrected chi connectivity index (χ0v) is 44.2. The Morgan fingerprint density at radius 2 is 0.873 bits per heavy atom. The lowest BCUT2D eigenvalue weighted by atomic mass is 9.98. The van der Waals surface area contributed by atoms with Crippen LogP contribution in [0.2, 0.25) is 0 Å². The van der Waals surface area contributed by atoms with Crippen molar-refractivity contribution in [3.05, 3.63) is 48.6 Å². The zero-order chi connectivity index (χ0) is 51.6. The Morgan fingerprint density at radius 1 is 0.465 bits per heavy atom. The third-order valence-electron chi connectivity index (χ3n) is 13.3. The Hall–Kier alpha value is -2.05. The second-order valence-electron chi connectivity index (χ2n) is 19.8. The normalized spacial score (nSPS) is 25.6. The fourth-order valence-electron chi connectivity index (χ4n) is 8.70. The summed E-state index contributed by atoms with van der Waals surface area (Å²) >= 11 is 0. The standard InChI is InChI=1S/C57H102O14/c1-3-5-7-9-11-13-15-17-19-20-21-22-23-24-25-27-29-31-33-35-37-39-41-66-43-46(69-49(59)40-38-36-34-32-30-28-26-18-16-14-12-10-8-6-4-2)44-67-56-55(65)53(63)51(61)48(71-56)45-68-57-54(64)52(62)50(60)47(42-58)70-57/h15,17-18,20-21,23-24,26,46-48,50-58,60-65H,3-14,16,19,22,25,27-45H2,1-2H3/b17-15-,21-20-,24-23-,26-18-. The molecule has 0 amide bonds. The van der Waals surface area contributed by atoms with Gasteiger partial charge in [-0.1, -0.05) is 172 Å². The highest BCUT2D eigenvalue weighted by molar-refractivity contribution is 5.69. The second kappa shape index (κ2) is 44.3. The van der Waals surface area contributed by atoms with Crippen molar-refractivity contribution in [1.82, 2.24) is 0 Å². The minimum Gasteiger partial charge on any atom is -0.457 e. The van der Waals surface area contributed by atoms with Crippen molar-refractivity contribution < 1.29 is 69.0 Å². The summed E-state index contributed by atoms with van der Waals surface area (Å²) in [6.45, 7) is 3.65. The van der Waals surface area contributed by atoms with Crippen LogP contribution in [-0.4, -0.2) is 142 Å². The molecule has 2 fully saturated rings. The summed E-state index contributed by atoms with van der Waals surface area (Å²) in [7, 11) is 0. The molecule has 0 saturated carbocycles. The number of carbonyl (C=O) groups excluding carboxylic acids is 1. The Labute approximate surface area is 429 Å². The summed E-state index contributed by atoms with van der Waals surface area (Å²) in [5.74, 6) is -0.388. The minimum atomic E-state index is -1.71. The largest absolute Gasteiger partial charge is 0.457 e. The van der Waals surface area contributed by atoms with E-state index in [0.717, 1.165) is 77.0 Å². The average Bonchev–Trinajstić information content (AvgIpc) is 3.37. The van der Waals surface area contributed by atoms with Crippen LogP contribution in [0.25, 0.3) is 0 Å². The van der Waals surface area contributed by atoms with E-state index in [0.29, 0.717) is 13.0 Å². The molecule has 71 heavy (non-hydrogen) atoms. The molecule has 2 aliphatic heterocycles. The van der Waals surface area contributed by atoms with Gasteiger partial charge in [-0.3, -0.25) is 4.79 Å². The van der Waals surface area contributed by atoms with Crippen LogP contribution in [0.15, 0.2) is 48.6 Å². The first-order valence-electron chi connectivity index (χ1n) is 28.2. The van der Waals surface area contributed by atoms with Gasteiger partial charge in [0.15, 0.2) is 12.6 Å². The summed E-state index contributed by atoms with van der Waals surface area (Å²) in [5.41, 5.74) is 0. The van der Waals surface area contributed by atoms with Crippen LogP contribution in [0.5, 0.6) is 0 Å². The van der Waals surface area contributed by atoms with Crippen LogP contribution in [0.3, 0.4) is 0 Å². The fraction of sp³-hybridized carbons (Fsp3) is 0.842. The van der Waals surface area contributed by atoms with Crippen LogP contribution in [0.4, 0.5) is 0 Å². The molecule has 2 aliphatic rings. The maximum Gasteiger partial charge on any atom is 0.306 e. The van der Waals surface area contributed by atoms with Gasteiger partial charge in [-0.2, -0.15) is 0 Å². The van der Waals surface area contributed by atoms with Gasteiger partial charge in [0.2, 0.25) is 0 Å². The monoisotopic (exact) mass is 1010 g/mol. The third-order valence-corrected chi connectivity index (χ3v) is 13.3. The summed E-state index contributed by atoms with van der Waals surface area (Å²) in [5, 5.41) is 72.3. The number of esters is 1. The first-order valence-corrected chi connectivity index (χ1v) is 28.2. The molecule has 414 valence electrons. The van der Waals surface area contributed by atoms with Crippen LogP contribution in [0, 0.1) is 0 Å². The van der Waals surface area contributed by atoms with Crippen molar-refractivity contribution >= 4 is 5.97 Å². The summed E-state index contributed by atoms with van der Waals surface area (Å²) in [6.07, 6.45) is 36.0.